The van der Waals surface area contributed by atoms with Crippen LogP contribution in [-0.4, -0.2) is 47.6 Å². The van der Waals surface area contributed by atoms with Gasteiger partial charge in [0.25, 0.3) is 11.8 Å². The summed E-state index contributed by atoms with van der Waals surface area (Å²) in [6.45, 7) is 5.75. The number of nitrogens with zero attached hydrogens (tertiary/aromatic N) is 2. The number of carbonyl (C=O) groups is 2. The summed E-state index contributed by atoms with van der Waals surface area (Å²) >= 11 is 0. The number of nitrogens with one attached hydrogen (secondary N) is 1. The van der Waals surface area contributed by atoms with Crippen LogP contribution in [0.3, 0.4) is 0 Å². The maximum Gasteiger partial charge on any atom is 0.256 e. The van der Waals surface area contributed by atoms with Crippen molar-refractivity contribution in [3.05, 3.63) is 22.9 Å². The Hall–Kier alpha value is -2.15. The van der Waals surface area contributed by atoms with Gasteiger partial charge in [-0.1, -0.05) is 0 Å². The molecular formula is C18H25N3O4. The molecule has 1 N–H and O–H groups in total. The second kappa shape index (κ2) is 7.00. The Kier molecular flexibility index (Phi) is 4.94. The van der Waals surface area contributed by atoms with Gasteiger partial charge in [0, 0.05) is 25.3 Å². The topological polar surface area (TPSA) is 80.8 Å². The van der Waals surface area contributed by atoms with Crippen molar-refractivity contribution >= 4 is 11.8 Å². The monoisotopic (exact) mass is 347 g/mol. The van der Waals surface area contributed by atoms with Crippen LogP contribution in [0.15, 0.2) is 6.07 Å². The Balaban J connectivity index is 1.75. The third kappa shape index (κ3) is 3.33. The zero-order chi connectivity index (χ0) is 18.0. The van der Waals surface area contributed by atoms with Gasteiger partial charge in [0.05, 0.1) is 24.9 Å². The largest absolute Gasteiger partial charge is 0.481 e. The van der Waals surface area contributed by atoms with Crippen LogP contribution in [0.2, 0.25) is 0 Å². The summed E-state index contributed by atoms with van der Waals surface area (Å²) in [5.74, 6) is 0.276. The Labute approximate surface area is 147 Å². The molecule has 2 aliphatic rings. The van der Waals surface area contributed by atoms with Crippen LogP contribution in [0.4, 0.5) is 0 Å². The number of amides is 2. The van der Waals surface area contributed by atoms with Gasteiger partial charge in [0.1, 0.15) is 5.60 Å². The summed E-state index contributed by atoms with van der Waals surface area (Å²) in [5, 5.41) is 2.91. The van der Waals surface area contributed by atoms with E-state index in [1.54, 1.807) is 18.1 Å². The van der Waals surface area contributed by atoms with Crippen molar-refractivity contribution in [1.82, 2.24) is 15.2 Å². The van der Waals surface area contributed by atoms with Crippen LogP contribution in [0, 0.1) is 0 Å². The van der Waals surface area contributed by atoms with E-state index in [2.05, 4.69) is 10.3 Å². The van der Waals surface area contributed by atoms with Crippen LogP contribution >= 0.6 is 0 Å². The van der Waals surface area contributed by atoms with Crippen LogP contribution in [0.5, 0.6) is 5.88 Å². The summed E-state index contributed by atoms with van der Waals surface area (Å²) in [5.41, 5.74) is 1.22. The minimum absolute atomic E-state index is 0.0252. The molecule has 0 saturated carbocycles. The zero-order valence-corrected chi connectivity index (χ0v) is 15.1. The summed E-state index contributed by atoms with van der Waals surface area (Å²) in [7, 11) is 1.54. The minimum Gasteiger partial charge on any atom is -0.481 e. The zero-order valence-electron chi connectivity index (χ0n) is 15.1. The smallest absolute Gasteiger partial charge is 0.256 e. The predicted octanol–water partition coefficient (Wildman–Crippen LogP) is 1.64. The third-order valence-electron chi connectivity index (χ3n) is 4.96. The number of hydrogen-bond acceptors (Lipinski definition) is 5. The van der Waals surface area contributed by atoms with Gasteiger partial charge in [-0.2, -0.15) is 0 Å². The SMILES string of the molecule is CCN1Cc2nc(OC)c(CNC(=O)[C@@]3(C)CCCCO3)cc2C1=O. The lowest BCUT2D eigenvalue weighted by atomic mass is 9.95. The average molecular weight is 347 g/mol. The number of hydrogen-bond donors (Lipinski definition) is 1. The second-order valence-electron chi connectivity index (χ2n) is 6.69. The van der Waals surface area contributed by atoms with Crippen molar-refractivity contribution in [2.45, 2.75) is 51.8 Å². The highest BCUT2D eigenvalue weighted by Crippen LogP contribution is 2.28. The molecule has 3 heterocycles. The fourth-order valence-electron chi connectivity index (χ4n) is 3.34. The van der Waals surface area contributed by atoms with Crippen molar-refractivity contribution in [2.75, 3.05) is 20.3 Å². The molecule has 2 aliphatic heterocycles. The number of aromatic nitrogens is 1. The van der Waals surface area contributed by atoms with Gasteiger partial charge in [0.2, 0.25) is 5.88 Å². The van der Waals surface area contributed by atoms with Crippen molar-refractivity contribution in [3.63, 3.8) is 0 Å². The van der Waals surface area contributed by atoms with E-state index in [0.717, 1.165) is 18.5 Å². The first-order valence-corrected chi connectivity index (χ1v) is 8.77. The molecule has 1 aromatic heterocycles. The third-order valence-corrected chi connectivity index (χ3v) is 4.96. The molecule has 136 valence electrons. The standard InChI is InChI=1S/C18H25N3O4/c1-4-21-11-14-13(16(21)22)9-12(15(20-14)24-3)10-19-17(23)18(2)7-5-6-8-25-18/h9H,4-8,10-11H2,1-3H3,(H,19,23)/t18-/m1/s1. The lowest BCUT2D eigenvalue weighted by Crippen LogP contribution is -2.48. The molecule has 1 aromatic rings. The van der Waals surface area contributed by atoms with E-state index in [9.17, 15) is 9.59 Å². The quantitative estimate of drug-likeness (QED) is 0.876. The number of pyridine rings is 1. The molecule has 3 rings (SSSR count). The van der Waals surface area contributed by atoms with E-state index < -0.39 is 5.60 Å². The molecular weight excluding hydrogens is 322 g/mol. The molecule has 0 spiro atoms. The highest BCUT2D eigenvalue weighted by atomic mass is 16.5. The van der Waals surface area contributed by atoms with Crippen LogP contribution < -0.4 is 10.1 Å². The lowest BCUT2D eigenvalue weighted by molar-refractivity contribution is -0.150. The van der Waals surface area contributed by atoms with Crippen LogP contribution in [-0.2, 0) is 22.6 Å². The first-order chi connectivity index (χ1) is 12.0. The van der Waals surface area contributed by atoms with E-state index in [1.807, 2.05) is 13.8 Å². The van der Waals surface area contributed by atoms with E-state index in [1.165, 1.54) is 0 Å². The van der Waals surface area contributed by atoms with Gasteiger partial charge >= 0.3 is 0 Å². The first kappa shape index (κ1) is 17.7. The number of rotatable bonds is 5. The van der Waals surface area contributed by atoms with Crippen molar-refractivity contribution in [3.8, 4) is 5.88 Å². The minimum atomic E-state index is -0.787. The van der Waals surface area contributed by atoms with Crippen molar-refractivity contribution in [2.24, 2.45) is 0 Å². The van der Waals surface area contributed by atoms with Crippen LogP contribution in [0.25, 0.3) is 0 Å². The molecule has 1 atom stereocenters. The van der Waals surface area contributed by atoms with Gasteiger partial charge in [-0.15, -0.1) is 0 Å². The van der Waals surface area contributed by atoms with Crippen LogP contribution in [0.1, 0.15) is 54.7 Å². The second-order valence-corrected chi connectivity index (χ2v) is 6.69. The predicted molar refractivity (Wildman–Crippen MR) is 91.3 cm³/mol. The highest BCUT2D eigenvalue weighted by molar-refractivity contribution is 5.98. The van der Waals surface area contributed by atoms with Gasteiger partial charge in [-0.05, 0) is 39.2 Å². The Morgan fingerprint density at radius 2 is 2.28 bits per heavy atom. The van der Waals surface area contributed by atoms with Gasteiger partial charge in [-0.3, -0.25) is 9.59 Å². The summed E-state index contributed by atoms with van der Waals surface area (Å²) < 4.78 is 11.0. The lowest BCUT2D eigenvalue weighted by Gasteiger charge is -2.32. The van der Waals surface area contributed by atoms with Gasteiger partial charge in [-0.25, -0.2) is 4.98 Å². The summed E-state index contributed by atoms with van der Waals surface area (Å²) in [6.07, 6.45) is 2.68. The van der Waals surface area contributed by atoms with Crippen molar-refractivity contribution < 1.29 is 19.1 Å². The molecule has 2 amide bonds. The molecule has 1 fully saturated rings. The average Bonchev–Trinajstić information content (AvgIpc) is 2.94. The van der Waals surface area contributed by atoms with E-state index in [-0.39, 0.29) is 18.4 Å². The normalized spacial score (nSPS) is 22.7. The maximum atomic E-state index is 12.5. The number of methoxy groups -OCH3 is 1. The molecule has 7 heteroatoms. The molecule has 0 unspecified atom stereocenters. The summed E-state index contributed by atoms with van der Waals surface area (Å²) in [6, 6.07) is 1.78. The highest BCUT2D eigenvalue weighted by Gasteiger charge is 2.36. The fraction of sp³-hybridized carbons (Fsp3) is 0.611. The van der Waals surface area contributed by atoms with Crippen molar-refractivity contribution in [1.29, 1.82) is 0 Å². The molecule has 1 saturated heterocycles. The molecule has 7 nitrogen and oxygen atoms in total. The van der Waals surface area contributed by atoms with E-state index in [0.29, 0.717) is 43.1 Å². The Bertz CT molecular complexity index is 683. The molecule has 0 aromatic carbocycles. The molecule has 25 heavy (non-hydrogen) atoms. The van der Waals surface area contributed by atoms with Gasteiger partial charge in [0.15, 0.2) is 0 Å². The van der Waals surface area contributed by atoms with E-state index >= 15 is 0 Å². The number of fused-ring (bicyclic) bond motifs is 1. The fourth-order valence-corrected chi connectivity index (χ4v) is 3.34. The Morgan fingerprint density at radius 3 is 2.92 bits per heavy atom. The summed E-state index contributed by atoms with van der Waals surface area (Å²) in [4.78, 5) is 31.1. The maximum absolute atomic E-state index is 12.5. The van der Waals surface area contributed by atoms with Gasteiger partial charge < -0.3 is 19.7 Å². The first-order valence-electron chi connectivity index (χ1n) is 8.77. The van der Waals surface area contributed by atoms with E-state index in [4.69, 9.17) is 9.47 Å². The number of carbonyl (C=O) groups excluding carboxylic acids is 2. The Morgan fingerprint density at radius 1 is 1.48 bits per heavy atom. The number of ether oxygens (including phenoxy) is 2. The molecule has 0 radical (unpaired) electrons. The molecule has 0 bridgehead atoms. The molecule has 0 aliphatic carbocycles.